The summed E-state index contributed by atoms with van der Waals surface area (Å²) < 4.78 is 7.57. The number of carbonyl (C=O) groups is 1. The summed E-state index contributed by atoms with van der Waals surface area (Å²) in [5.74, 6) is 2.57. The van der Waals surface area contributed by atoms with E-state index in [4.69, 9.17) is 20.4 Å². The van der Waals surface area contributed by atoms with Crippen molar-refractivity contribution in [2.45, 2.75) is 25.8 Å². The standard InChI is InChI=1S/C24H28N6O2/c1-26-23-21-22(18-7-3-4-8-19(18)28-23)30(14-6-5-13-27-24(25)31)20(29-21)15-16-9-11-17(32-2)12-10-16/h3-4,7-12H,5-6,13-15H2,1-2H3,(H,26,28)(H3,25,27,31). The van der Waals surface area contributed by atoms with Gasteiger partial charge >= 0.3 is 6.03 Å². The number of amides is 2. The van der Waals surface area contributed by atoms with Gasteiger partial charge in [0, 0.05) is 31.9 Å². The summed E-state index contributed by atoms with van der Waals surface area (Å²) in [4.78, 5) is 20.7. The Morgan fingerprint density at radius 2 is 1.88 bits per heavy atom. The van der Waals surface area contributed by atoms with Crippen LogP contribution in [0.1, 0.15) is 24.2 Å². The Kier molecular flexibility index (Phi) is 6.39. The van der Waals surface area contributed by atoms with Crippen molar-refractivity contribution in [2.24, 2.45) is 5.73 Å². The third-order valence-corrected chi connectivity index (χ3v) is 5.53. The van der Waals surface area contributed by atoms with Crippen LogP contribution in [0, 0.1) is 0 Å². The summed E-state index contributed by atoms with van der Waals surface area (Å²) in [6.45, 7) is 1.33. The fraction of sp³-hybridized carbons (Fsp3) is 0.292. The van der Waals surface area contributed by atoms with Gasteiger partial charge in [0.25, 0.3) is 0 Å². The van der Waals surface area contributed by atoms with Crippen molar-refractivity contribution in [1.29, 1.82) is 0 Å². The molecule has 166 valence electrons. The van der Waals surface area contributed by atoms with E-state index in [0.29, 0.717) is 13.0 Å². The van der Waals surface area contributed by atoms with Crippen molar-refractivity contribution in [1.82, 2.24) is 19.9 Å². The monoisotopic (exact) mass is 432 g/mol. The van der Waals surface area contributed by atoms with Gasteiger partial charge in [-0.05, 0) is 36.6 Å². The molecule has 0 fully saturated rings. The first-order valence-corrected chi connectivity index (χ1v) is 10.7. The lowest BCUT2D eigenvalue weighted by molar-refractivity contribution is 0.248. The SMILES string of the molecule is CNc1nc2ccccc2c2c1nc(Cc1ccc(OC)cc1)n2CCCCNC(N)=O. The Morgan fingerprint density at radius 1 is 1.09 bits per heavy atom. The molecule has 0 aliphatic rings. The molecule has 0 bridgehead atoms. The minimum absolute atomic E-state index is 0.492. The Balaban J connectivity index is 1.76. The van der Waals surface area contributed by atoms with Gasteiger partial charge in [-0.2, -0.15) is 0 Å². The number of carbonyl (C=O) groups excluding carboxylic acids is 1. The third kappa shape index (κ3) is 4.44. The van der Waals surface area contributed by atoms with Crippen LogP contribution in [0.15, 0.2) is 48.5 Å². The van der Waals surface area contributed by atoms with Gasteiger partial charge in [0.05, 0.1) is 18.1 Å². The lowest BCUT2D eigenvalue weighted by atomic mass is 10.1. The van der Waals surface area contributed by atoms with Crippen LogP contribution in [0.25, 0.3) is 21.9 Å². The van der Waals surface area contributed by atoms with Crippen molar-refractivity contribution >= 4 is 33.8 Å². The van der Waals surface area contributed by atoms with Crippen LogP contribution < -0.4 is 21.1 Å². The number of hydrogen-bond acceptors (Lipinski definition) is 5. The fourth-order valence-electron chi connectivity index (χ4n) is 3.96. The van der Waals surface area contributed by atoms with E-state index in [1.54, 1.807) is 7.11 Å². The molecule has 0 aliphatic carbocycles. The second kappa shape index (κ2) is 9.55. The van der Waals surface area contributed by atoms with E-state index in [1.165, 1.54) is 0 Å². The number of imidazole rings is 1. The van der Waals surface area contributed by atoms with E-state index in [2.05, 4.69) is 33.4 Å². The van der Waals surface area contributed by atoms with Crippen LogP contribution in [0.3, 0.4) is 0 Å². The van der Waals surface area contributed by atoms with Gasteiger partial charge in [-0.25, -0.2) is 14.8 Å². The highest BCUT2D eigenvalue weighted by atomic mass is 16.5. The normalized spacial score (nSPS) is 11.1. The average Bonchev–Trinajstić information content (AvgIpc) is 3.16. The zero-order valence-electron chi connectivity index (χ0n) is 18.4. The average molecular weight is 433 g/mol. The Bertz CT molecular complexity index is 1230. The number of benzene rings is 2. The molecule has 0 spiro atoms. The molecule has 2 aromatic heterocycles. The summed E-state index contributed by atoms with van der Waals surface area (Å²) in [5.41, 5.74) is 9.20. The number of nitrogens with one attached hydrogen (secondary N) is 2. The number of nitrogens with zero attached hydrogens (tertiary/aromatic N) is 3. The highest BCUT2D eigenvalue weighted by molar-refractivity contribution is 6.07. The van der Waals surface area contributed by atoms with E-state index in [9.17, 15) is 4.79 Å². The molecule has 0 saturated heterocycles. The quantitative estimate of drug-likeness (QED) is 0.350. The number of unbranched alkanes of at least 4 members (excludes halogenated alkanes) is 1. The van der Waals surface area contributed by atoms with E-state index >= 15 is 0 Å². The Labute approximate surface area is 186 Å². The largest absolute Gasteiger partial charge is 0.497 e. The predicted octanol–water partition coefficient (Wildman–Crippen LogP) is 3.67. The molecule has 0 saturated carbocycles. The van der Waals surface area contributed by atoms with Gasteiger partial charge in [0.2, 0.25) is 0 Å². The number of pyridine rings is 1. The van der Waals surface area contributed by atoms with Gasteiger partial charge in [-0.15, -0.1) is 0 Å². The highest BCUT2D eigenvalue weighted by Gasteiger charge is 2.18. The maximum absolute atomic E-state index is 11.0. The number of nitrogens with two attached hydrogens (primary N) is 1. The molecule has 4 aromatic rings. The number of para-hydroxylation sites is 1. The van der Waals surface area contributed by atoms with Crippen molar-refractivity contribution in [3.63, 3.8) is 0 Å². The molecule has 2 heterocycles. The number of rotatable bonds is 9. The number of aryl methyl sites for hydroxylation is 1. The van der Waals surface area contributed by atoms with E-state index in [1.807, 2.05) is 37.4 Å². The summed E-state index contributed by atoms with van der Waals surface area (Å²) in [5, 5.41) is 6.94. The number of fused-ring (bicyclic) bond motifs is 3. The van der Waals surface area contributed by atoms with Crippen molar-refractivity contribution < 1.29 is 9.53 Å². The molecular weight excluding hydrogens is 404 g/mol. The molecule has 0 radical (unpaired) electrons. The van der Waals surface area contributed by atoms with Gasteiger partial charge in [-0.3, -0.25) is 0 Å². The molecule has 8 heteroatoms. The van der Waals surface area contributed by atoms with Crippen molar-refractivity contribution in [3.05, 3.63) is 59.9 Å². The number of anilines is 1. The second-order valence-corrected chi connectivity index (χ2v) is 7.63. The molecular formula is C24H28N6O2. The Morgan fingerprint density at radius 3 is 2.59 bits per heavy atom. The lowest BCUT2D eigenvalue weighted by Gasteiger charge is -2.12. The number of urea groups is 1. The summed E-state index contributed by atoms with van der Waals surface area (Å²) in [6.07, 6.45) is 2.40. The summed E-state index contributed by atoms with van der Waals surface area (Å²) in [6, 6.07) is 15.7. The first kappa shape index (κ1) is 21.4. The maximum atomic E-state index is 11.0. The second-order valence-electron chi connectivity index (χ2n) is 7.63. The third-order valence-electron chi connectivity index (χ3n) is 5.53. The van der Waals surface area contributed by atoms with Crippen molar-refractivity contribution in [2.75, 3.05) is 26.0 Å². The van der Waals surface area contributed by atoms with Gasteiger partial charge in [-0.1, -0.05) is 30.3 Å². The lowest BCUT2D eigenvalue weighted by Crippen LogP contribution is -2.30. The number of primary amides is 1. The van der Waals surface area contributed by atoms with Crippen LogP contribution in [0.2, 0.25) is 0 Å². The first-order chi connectivity index (χ1) is 15.6. The van der Waals surface area contributed by atoms with E-state index in [-0.39, 0.29) is 0 Å². The van der Waals surface area contributed by atoms with E-state index < -0.39 is 6.03 Å². The molecule has 0 aliphatic heterocycles. The molecule has 4 rings (SSSR count). The van der Waals surface area contributed by atoms with Gasteiger partial charge in [0.15, 0.2) is 5.82 Å². The predicted molar refractivity (Wildman–Crippen MR) is 127 cm³/mol. The number of methoxy groups -OCH3 is 1. The van der Waals surface area contributed by atoms with E-state index in [0.717, 1.165) is 64.3 Å². The molecule has 4 N–H and O–H groups in total. The van der Waals surface area contributed by atoms with Gasteiger partial charge < -0.3 is 25.7 Å². The molecule has 8 nitrogen and oxygen atoms in total. The molecule has 2 aromatic carbocycles. The van der Waals surface area contributed by atoms with Crippen LogP contribution in [-0.2, 0) is 13.0 Å². The summed E-state index contributed by atoms with van der Waals surface area (Å²) >= 11 is 0. The van der Waals surface area contributed by atoms with Crippen LogP contribution in [0.5, 0.6) is 5.75 Å². The van der Waals surface area contributed by atoms with Crippen LogP contribution >= 0.6 is 0 Å². The fourth-order valence-corrected chi connectivity index (χ4v) is 3.96. The summed E-state index contributed by atoms with van der Waals surface area (Å²) in [7, 11) is 3.53. The Hall–Kier alpha value is -3.81. The molecule has 32 heavy (non-hydrogen) atoms. The molecule has 2 amide bonds. The number of ether oxygens (including phenoxy) is 1. The maximum Gasteiger partial charge on any atom is 0.312 e. The first-order valence-electron chi connectivity index (χ1n) is 10.7. The minimum Gasteiger partial charge on any atom is -0.497 e. The van der Waals surface area contributed by atoms with Crippen LogP contribution in [-0.4, -0.2) is 41.3 Å². The zero-order chi connectivity index (χ0) is 22.5. The smallest absolute Gasteiger partial charge is 0.312 e. The molecule has 0 atom stereocenters. The number of hydrogen-bond donors (Lipinski definition) is 3. The minimum atomic E-state index is -0.492. The topological polar surface area (TPSA) is 107 Å². The molecule has 0 unspecified atom stereocenters. The van der Waals surface area contributed by atoms with Crippen molar-refractivity contribution in [3.8, 4) is 5.75 Å². The zero-order valence-corrected chi connectivity index (χ0v) is 18.4. The number of aromatic nitrogens is 3. The highest BCUT2D eigenvalue weighted by Crippen LogP contribution is 2.31. The van der Waals surface area contributed by atoms with Gasteiger partial charge in [0.1, 0.15) is 17.1 Å². The van der Waals surface area contributed by atoms with Crippen LogP contribution in [0.4, 0.5) is 10.6 Å².